The average molecular weight is 337 g/mol. The van der Waals surface area contributed by atoms with Gasteiger partial charge in [-0.05, 0) is 31.5 Å². The quantitative estimate of drug-likeness (QED) is 0.882. The van der Waals surface area contributed by atoms with Crippen LogP contribution in [0, 0.1) is 6.92 Å². The first kappa shape index (κ1) is 14.8. The van der Waals surface area contributed by atoms with Crippen molar-refractivity contribution in [2.45, 2.75) is 13.8 Å². The highest BCUT2D eigenvalue weighted by atomic mass is 79.9. The molecule has 0 aliphatic carbocycles. The third kappa shape index (κ3) is 4.19. The summed E-state index contributed by atoms with van der Waals surface area (Å²) in [5, 5.41) is 0. The first-order valence-corrected chi connectivity index (χ1v) is 7.35. The molecule has 2 N–H and O–H groups in total. The molecule has 100 valence electrons. The third-order valence-electron chi connectivity index (χ3n) is 2.01. The van der Waals surface area contributed by atoms with Crippen molar-refractivity contribution in [3.05, 3.63) is 28.2 Å². The first-order chi connectivity index (χ1) is 8.35. The smallest absolute Gasteiger partial charge is 0.422 e. The van der Waals surface area contributed by atoms with Crippen molar-refractivity contribution in [2.24, 2.45) is 0 Å². The van der Waals surface area contributed by atoms with Crippen molar-refractivity contribution < 1.29 is 17.9 Å². The Morgan fingerprint density at radius 1 is 1.44 bits per heavy atom. The van der Waals surface area contributed by atoms with Crippen molar-refractivity contribution in [3.63, 3.8) is 0 Å². The number of nitrogens with one attached hydrogen (secondary N) is 2. The Balaban J connectivity index is 2.83. The van der Waals surface area contributed by atoms with Crippen molar-refractivity contribution in [3.8, 4) is 0 Å². The number of halogens is 1. The second-order valence-electron chi connectivity index (χ2n) is 3.34. The number of carbonyl (C=O) groups excluding carboxylic acids is 1. The topological polar surface area (TPSA) is 84.5 Å². The van der Waals surface area contributed by atoms with Gasteiger partial charge >= 0.3 is 16.3 Å². The van der Waals surface area contributed by atoms with Crippen LogP contribution < -0.4 is 9.44 Å². The molecule has 0 heterocycles. The van der Waals surface area contributed by atoms with E-state index >= 15 is 0 Å². The van der Waals surface area contributed by atoms with Crippen LogP contribution in [-0.2, 0) is 14.9 Å². The van der Waals surface area contributed by atoms with Crippen molar-refractivity contribution in [1.29, 1.82) is 0 Å². The van der Waals surface area contributed by atoms with Gasteiger partial charge in [-0.3, -0.25) is 4.72 Å². The molecular weight excluding hydrogens is 324 g/mol. The predicted octanol–water partition coefficient (Wildman–Crippen LogP) is 2.16. The average Bonchev–Trinajstić information content (AvgIpc) is 2.24. The summed E-state index contributed by atoms with van der Waals surface area (Å²) in [6.07, 6.45) is -1.02. The Bertz CT molecular complexity index is 545. The van der Waals surface area contributed by atoms with Crippen molar-refractivity contribution in [1.82, 2.24) is 4.72 Å². The van der Waals surface area contributed by atoms with E-state index in [-0.39, 0.29) is 6.61 Å². The minimum atomic E-state index is -3.99. The zero-order chi connectivity index (χ0) is 13.8. The summed E-state index contributed by atoms with van der Waals surface area (Å²) in [5.74, 6) is 0. The predicted molar refractivity (Wildman–Crippen MR) is 71.6 cm³/mol. The second-order valence-corrected chi connectivity index (χ2v) is 5.61. The molecule has 0 aromatic heterocycles. The molecule has 8 heteroatoms. The molecule has 0 fully saturated rings. The normalized spacial score (nSPS) is 10.8. The number of ether oxygens (including phenoxy) is 1. The first-order valence-electron chi connectivity index (χ1n) is 5.08. The van der Waals surface area contributed by atoms with Crippen molar-refractivity contribution >= 4 is 37.9 Å². The molecule has 0 bridgehead atoms. The third-order valence-corrected chi connectivity index (χ3v) is 3.79. The second kappa shape index (κ2) is 6.05. The largest absolute Gasteiger partial charge is 0.449 e. The molecule has 0 radical (unpaired) electrons. The van der Waals surface area contributed by atoms with Crippen LogP contribution in [0.25, 0.3) is 0 Å². The number of anilines is 1. The minimum absolute atomic E-state index is 0.0945. The summed E-state index contributed by atoms with van der Waals surface area (Å²) in [5.41, 5.74) is 1.09. The Hall–Kier alpha value is -1.28. The number of amides is 1. The molecule has 0 atom stereocenters. The molecule has 0 aliphatic rings. The van der Waals surface area contributed by atoms with Gasteiger partial charge in [-0.25, -0.2) is 9.52 Å². The molecular formula is C10H13BrN2O4S. The molecule has 0 saturated carbocycles. The van der Waals surface area contributed by atoms with Gasteiger partial charge in [0.25, 0.3) is 0 Å². The van der Waals surface area contributed by atoms with Gasteiger partial charge in [-0.2, -0.15) is 8.42 Å². The van der Waals surface area contributed by atoms with E-state index in [1.807, 2.05) is 0 Å². The fraction of sp³-hybridized carbons (Fsp3) is 0.300. The van der Waals surface area contributed by atoms with E-state index < -0.39 is 16.3 Å². The molecule has 1 aromatic rings. The Labute approximate surface area is 114 Å². The Morgan fingerprint density at radius 3 is 2.72 bits per heavy atom. The molecule has 0 aliphatic heterocycles. The summed E-state index contributed by atoms with van der Waals surface area (Å²) >= 11 is 3.28. The fourth-order valence-corrected chi connectivity index (χ4v) is 2.36. The highest BCUT2D eigenvalue weighted by molar-refractivity contribution is 9.10. The molecule has 1 amide bonds. The van der Waals surface area contributed by atoms with Gasteiger partial charge in [-0.15, -0.1) is 0 Å². The van der Waals surface area contributed by atoms with Gasteiger partial charge in [0, 0.05) is 4.47 Å². The molecule has 0 unspecified atom stereocenters. The van der Waals surface area contributed by atoms with Crippen LogP contribution >= 0.6 is 15.9 Å². The summed E-state index contributed by atoms with van der Waals surface area (Å²) in [6, 6.07) is 5.05. The number of hydrogen-bond acceptors (Lipinski definition) is 4. The molecule has 0 spiro atoms. The molecule has 1 aromatic carbocycles. The van der Waals surface area contributed by atoms with E-state index in [4.69, 9.17) is 0 Å². The Kier molecular flexibility index (Phi) is 4.97. The van der Waals surface area contributed by atoms with Crippen LogP contribution in [0.15, 0.2) is 22.7 Å². The zero-order valence-corrected chi connectivity index (χ0v) is 12.3. The molecule has 6 nitrogen and oxygen atoms in total. The maximum absolute atomic E-state index is 11.6. The van der Waals surface area contributed by atoms with Crippen LogP contribution in [0.1, 0.15) is 12.5 Å². The highest BCUT2D eigenvalue weighted by Crippen LogP contribution is 2.23. The van der Waals surface area contributed by atoms with E-state index in [9.17, 15) is 13.2 Å². The summed E-state index contributed by atoms with van der Waals surface area (Å²) in [7, 11) is -3.99. The fourth-order valence-electron chi connectivity index (χ4n) is 1.16. The van der Waals surface area contributed by atoms with Gasteiger partial charge < -0.3 is 4.74 Å². The number of hydrogen-bond donors (Lipinski definition) is 2. The highest BCUT2D eigenvalue weighted by Gasteiger charge is 2.16. The van der Waals surface area contributed by atoms with Gasteiger partial charge in [-0.1, -0.05) is 22.0 Å². The van der Waals surface area contributed by atoms with Crippen LogP contribution in [0.4, 0.5) is 10.5 Å². The van der Waals surface area contributed by atoms with E-state index in [1.54, 1.807) is 36.8 Å². The summed E-state index contributed by atoms with van der Waals surface area (Å²) < 4.78 is 32.5. The maximum atomic E-state index is 11.6. The van der Waals surface area contributed by atoms with E-state index in [0.29, 0.717) is 11.3 Å². The van der Waals surface area contributed by atoms with E-state index in [2.05, 4.69) is 25.4 Å². The monoisotopic (exact) mass is 336 g/mol. The van der Waals surface area contributed by atoms with Crippen molar-refractivity contribution in [2.75, 3.05) is 11.3 Å². The Morgan fingerprint density at radius 2 is 2.11 bits per heavy atom. The molecule has 1 rings (SSSR count). The van der Waals surface area contributed by atoms with Gasteiger partial charge in [0.05, 0.1) is 12.3 Å². The van der Waals surface area contributed by atoms with Crippen LogP contribution in [0.5, 0.6) is 0 Å². The number of rotatable bonds is 4. The van der Waals surface area contributed by atoms with E-state index in [1.165, 1.54) is 0 Å². The summed E-state index contributed by atoms with van der Waals surface area (Å²) in [6.45, 7) is 3.42. The molecule has 0 saturated heterocycles. The number of carbonyl (C=O) groups is 1. The number of benzene rings is 1. The van der Waals surface area contributed by atoms with E-state index in [0.717, 1.165) is 4.47 Å². The SMILES string of the molecule is CCOC(=O)NS(=O)(=O)Nc1cccc(Br)c1C. The van der Waals surface area contributed by atoms with Gasteiger partial charge in [0.2, 0.25) is 0 Å². The van der Waals surface area contributed by atoms with Crippen LogP contribution in [0.3, 0.4) is 0 Å². The lowest BCUT2D eigenvalue weighted by atomic mass is 10.2. The molecule has 18 heavy (non-hydrogen) atoms. The van der Waals surface area contributed by atoms with Crippen LogP contribution in [0.2, 0.25) is 0 Å². The zero-order valence-electron chi connectivity index (χ0n) is 9.86. The standard InChI is InChI=1S/C10H13BrN2O4S/c1-3-17-10(14)13-18(15,16)12-9-6-4-5-8(11)7(9)2/h4-6,12H,3H2,1-2H3,(H,13,14). The summed E-state index contributed by atoms with van der Waals surface area (Å²) in [4.78, 5) is 11.0. The maximum Gasteiger partial charge on any atom is 0.422 e. The van der Waals surface area contributed by atoms with Gasteiger partial charge in [0.15, 0.2) is 0 Å². The van der Waals surface area contributed by atoms with Gasteiger partial charge in [0.1, 0.15) is 0 Å². The lowest BCUT2D eigenvalue weighted by Gasteiger charge is -2.11. The lowest BCUT2D eigenvalue weighted by Crippen LogP contribution is -2.35. The minimum Gasteiger partial charge on any atom is -0.449 e. The lowest BCUT2D eigenvalue weighted by molar-refractivity contribution is 0.159. The van der Waals surface area contributed by atoms with Crippen LogP contribution in [-0.4, -0.2) is 21.1 Å².